The minimum atomic E-state index is -0.773. The maximum Gasteiger partial charge on any atom is 0.310 e. The van der Waals surface area contributed by atoms with Crippen LogP contribution in [0.5, 0.6) is 0 Å². The largest absolute Gasteiger partial charge is 0.423 e. The standard InChI is InChI=1S/C17H19N7O3/c1-23(10-6-8-18-9-7-10)13-4-2-12(21-22-13)16-19-11-3-5-14(25)20-15(11)17(26)24(16)27/h2-5,10,18,27H,6-9H2,1H3,(H,20,25). The summed E-state index contributed by atoms with van der Waals surface area (Å²) < 4.78 is 0.373. The van der Waals surface area contributed by atoms with E-state index in [0.717, 1.165) is 25.9 Å². The summed E-state index contributed by atoms with van der Waals surface area (Å²) in [5, 5.41) is 21.8. The van der Waals surface area contributed by atoms with Gasteiger partial charge in [0.05, 0.1) is 5.52 Å². The number of pyridine rings is 1. The van der Waals surface area contributed by atoms with E-state index in [2.05, 4.69) is 30.4 Å². The van der Waals surface area contributed by atoms with Crippen LogP contribution in [-0.4, -0.2) is 56.3 Å². The van der Waals surface area contributed by atoms with E-state index in [0.29, 0.717) is 16.6 Å². The van der Waals surface area contributed by atoms with Crippen molar-refractivity contribution in [2.45, 2.75) is 18.9 Å². The quantitative estimate of drug-likeness (QED) is 0.549. The molecule has 0 spiro atoms. The molecule has 4 heterocycles. The van der Waals surface area contributed by atoms with E-state index in [1.807, 2.05) is 7.05 Å². The van der Waals surface area contributed by atoms with E-state index in [1.165, 1.54) is 12.1 Å². The molecule has 27 heavy (non-hydrogen) atoms. The van der Waals surface area contributed by atoms with Crippen molar-refractivity contribution in [3.63, 3.8) is 0 Å². The van der Waals surface area contributed by atoms with E-state index >= 15 is 0 Å². The Kier molecular flexibility index (Phi) is 4.32. The van der Waals surface area contributed by atoms with Gasteiger partial charge < -0.3 is 20.4 Å². The molecule has 1 aliphatic rings. The van der Waals surface area contributed by atoms with Gasteiger partial charge in [0.15, 0.2) is 5.82 Å². The zero-order valence-electron chi connectivity index (χ0n) is 14.7. The second-order valence-electron chi connectivity index (χ2n) is 6.50. The molecule has 3 N–H and O–H groups in total. The first-order valence-corrected chi connectivity index (χ1v) is 8.67. The van der Waals surface area contributed by atoms with Crippen LogP contribution in [0.25, 0.3) is 22.6 Å². The summed E-state index contributed by atoms with van der Waals surface area (Å²) in [4.78, 5) is 32.4. The predicted octanol–water partition coefficient (Wildman–Crippen LogP) is -0.0327. The van der Waals surface area contributed by atoms with Gasteiger partial charge in [-0.1, -0.05) is 0 Å². The van der Waals surface area contributed by atoms with Crippen LogP contribution in [0.3, 0.4) is 0 Å². The molecule has 140 valence electrons. The Balaban J connectivity index is 1.69. The third-order valence-electron chi connectivity index (χ3n) is 4.83. The molecule has 1 saturated heterocycles. The van der Waals surface area contributed by atoms with Crippen LogP contribution in [0.1, 0.15) is 12.8 Å². The number of aromatic amines is 1. The highest BCUT2D eigenvalue weighted by molar-refractivity contribution is 5.74. The third kappa shape index (κ3) is 3.14. The van der Waals surface area contributed by atoms with Crippen LogP contribution in [-0.2, 0) is 0 Å². The van der Waals surface area contributed by atoms with Gasteiger partial charge in [-0.15, -0.1) is 14.9 Å². The van der Waals surface area contributed by atoms with E-state index in [-0.39, 0.29) is 22.6 Å². The lowest BCUT2D eigenvalue weighted by molar-refractivity contribution is 0.178. The van der Waals surface area contributed by atoms with Crippen molar-refractivity contribution in [2.24, 2.45) is 0 Å². The Bertz CT molecular complexity index is 1080. The fourth-order valence-electron chi connectivity index (χ4n) is 3.27. The van der Waals surface area contributed by atoms with Crippen LogP contribution >= 0.6 is 0 Å². The minimum absolute atomic E-state index is 0.0388. The zero-order valence-corrected chi connectivity index (χ0v) is 14.7. The number of piperidine rings is 1. The lowest BCUT2D eigenvalue weighted by Gasteiger charge is -2.32. The first-order chi connectivity index (χ1) is 13.0. The molecule has 4 rings (SSSR count). The van der Waals surface area contributed by atoms with Crippen LogP contribution < -0.4 is 21.3 Å². The van der Waals surface area contributed by atoms with Crippen molar-refractivity contribution in [3.8, 4) is 11.5 Å². The van der Waals surface area contributed by atoms with Crippen molar-refractivity contribution >= 4 is 16.9 Å². The summed E-state index contributed by atoms with van der Waals surface area (Å²) in [5.41, 5.74) is -0.767. The van der Waals surface area contributed by atoms with Crippen LogP contribution in [0.2, 0.25) is 0 Å². The minimum Gasteiger partial charge on any atom is -0.423 e. The molecular formula is C17H19N7O3. The fourth-order valence-corrected chi connectivity index (χ4v) is 3.27. The molecule has 3 aromatic rings. The number of rotatable bonds is 3. The summed E-state index contributed by atoms with van der Waals surface area (Å²) in [5.74, 6) is 0.672. The molecule has 1 fully saturated rings. The predicted molar refractivity (Wildman–Crippen MR) is 99.1 cm³/mol. The van der Waals surface area contributed by atoms with Gasteiger partial charge in [0, 0.05) is 19.2 Å². The molecule has 0 aliphatic carbocycles. The van der Waals surface area contributed by atoms with E-state index < -0.39 is 11.1 Å². The lowest BCUT2D eigenvalue weighted by atomic mass is 10.1. The second-order valence-corrected chi connectivity index (χ2v) is 6.50. The average Bonchev–Trinajstić information content (AvgIpc) is 2.71. The first kappa shape index (κ1) is 17.2. The van der Waals surface area contributed by atoms with Crippen molar-refractivity contribution in [1.82, 2.24) is 30.2 Å². The summed E-state index contributed by atoms with van der Waals surface area (Å²) in [6.45, 7) is 1.95. The van der Waals surface area contributed by atoms with Crippen LogP contribution in [0.15, 0.2) is 33.9 Å². The van der Waals surface area contributed by atoms with E-state index in [4.69, 9.17) is 0 Å². The molecule has 10 heteroatoms. The van der Waals surface area contributed by atoms with Gasteiger partial charge in [-0.25, -0.2) is 4.98 Å². The number of hydrogen-bond donors (Lipinski definition) is 3. The van der Waals surface area contributed by atoms with Gasteiger partial charge in [0.25, 0.3) is 0 Å². The molecule has 0 saturated carbocycles. The van der Waals surface area contributed by atoms with E-state index in [1.54, 1.807) is 12.1 Å². The first-order valence-electron chi connectivity index (χ1n) is 8.67. The molecule has 0 aromatic carbocycles. The second kappa shape index (κ2) is 6.80. The molecule has 1 aliphatic heterocycles. The lowest BCUT2D eigenvalue weighted by Crippen LogP contribution is -2.41. The SMILES string of the molecule is CN(c1ccc(-c2nc3ccc(=O)[nH]c3c(=O)n2O)nn1)C1CCNCC1. The molecular weight excluding hydrogens is 350 g/mol. The Morgan fingerprint density at radius 1 is 1.15 bits per heavy atom. The Hall–Kier alpha value is -3.27. The monoisotopic (exact) mass is 369 g/mol. The molecule has 3 aromatic heterocycles. The van der Waals surface area contributed by atoms with Crippen molar-refractivity contribution < 1.29 is 5.21 Å². The van der Waals surface area contributed by atoms with Crippen molar-refractivity contribution in [3.05, 3.63) is 45.0 Å². The molecule has 10 nitrogen and oxygen atoms in total. The number of aromatic nitrogens is 5. The fraction of sp³-hybridized carbons (Fsp3) is 0.353. The number of anilines is 1. The molecule has 0 radical (unpaired) electrons. The van der Waals surface area contributed by atoms with Gasteiger partial charge in [-0.05, 0) is 44.1 Å². The van der Waals surface area contributed by atoms with Gasteiger partial charge >= 0.3 is 5.56 Å². The maximum absolute atomic E-state index is 12.3. The number of nitrogens with one attached hydrogen (secondary N) is 2. The number of nitrogens with zero attached hydrogens (tertiary/aromatic N) is 5. The Labute approximate surface area is 153 Å². The summed E-state index contributed by atoms with van der Waals surface area (Å²) in [6.07, 6.45) is 2.06. The van der Waals surface area contributed by atoms with Crippen molar-refractivity contribution in [2.75, 3.05) is 25.0 Å². The molecule has 0 bridgehead atoms. The highest BCUT2D eigenvalue weighted by atomic mass is 16.5. The third-order valence-corrected chi connectivity index (χ3v) is 4.83. The topological polar surface area (TPSA) is 129 Å². The Morgan fingerprint density at radius 3 is 2.63 bits per heavy atom. The molecule has 0 unspecified atom stereocenters. The molecule has 0 atom stereocenters. The zero-order chi connectivity index (χ0) is 19.0. The normalized spacial score (nSPS) is 15.1. The summed E-state index contributed by atoms with van der Waals surface area (Å²) in [7, 11) is 1.98. The summed E-state index contributed by atoms with van der Waals surface area (Å²) in [6, 6.07) is 6.52. The van der Waals surface area contributed by atoms with Gasteiger partial charge in [-0.2, -0.15) is 0 Å². The highest BCUT2D eigenvalue weighted by Gasteiger charge is 2.20. The maximum atomic E-state index is 12.3. The van der Waals surface area contributed by atoms with Gasteiger partial charge in [0.1, 0.15) is 11.2 Å². The van der Waals surface area contributed by atoms with Gasteiger partial charge in [0.2, 0.25) is 11.4 Å². The van der Waals surface area contributed by atoms with E-state index in [9.17, 15) is 14.8 Å². The van der Waals surface area contributed by atoms with Gasteiger partial charge in [-0.3, -0.25) is 9.59 Å². The average molecular weight is 369 g/mol. The number of hydrogen-bond acceptors (Lipinski definition) is 8. The Morgan fingerprint density at radius 2 is 1.93 bits per heavy atom. The highest BCUT2D eigenvalue weighted by Crippen LogP contribution is 2.20. The number of fused-ring (bicyclic) bond motifs is 1. The molecule has 0 amide bonds. The summed E-state index contributed by atoms with van der Waals surface area (Å²) >= 11 is 0. The van der Waals surface area contributed by atoms with Crippen LogP contribution in [0.4, 0.5) is 5.82 Å². The number of H-pyrrole nitrogens is 1. The van der Waals surface area contributed by atoms with Crippen molar-refractivity contribution in [1.29, 1.82) is 0 Å². The smallest absolute Gasteiger partial charge is 0.310 e. The van der Waals surface area contributed by atoms with Crippen LogP contribution in [0, 0.1) is 0 Å².